The number of carboxylic acid groups (broad SMARTS) is 1. The summed E-state index contributed by atoms with van der Waals surface area (Å²) in [7, 11) is 5.21. The molecule has 2 aromatic carbocycles. The first-order valence-corrected chi connectivity index (χ1v) is 8.57. The molecule has 0 unspecified atom stereocenters. The molecule has 0 atom stereocenters. The Morgan fingerprint density at radius 1 is 1.08 bits per heavy atom. The average Bonchev–Trinajstić information content (AvgIpc) is 2.65. The van der Waals surface area contributed by atoms with E-state index in [2.05, 4.69) is 4.90 Å². The summed E-state index contributed by atoms with van der Waals surface area (Å²) in [5, 5.41) is 9.21. The number of amides is 2. The zero-order chi connectivity index (χ0) is 18.8. The van der Waals surface area contributed by atoms with Gasteiger partial charge in [-0.1, -0.05) is 6.07 Å². The van der Waals surface area contributed by atoms with Crippen molar-refractivity contribution in [1.82, 2.24) is 4.90 Å². The third-order valence-electron chi connectivity index (χ3n) is 4.64. The Hall–Kier alpha value is -3.02. The minimum absolute atomic E-state index is 0.0905. The van der Waals surface area contributed by atoms with E-state index >= 15 is 0 Å². The lowest BCUT2D eigenvalue weighted by Crippen LogP contribution is -2.36. The highest BCUT2D eigenvalue weighted by molar-refractivity contribution is 5.92. The highest BCUT2D eigenvalue weighted by atomic mass is 16.4. The van der Waals surface area contributed by atoms with Gasteiger partial charge in [0.25, 0.3) is 0 Å². The van der Waals surface area contributed by atoms with Crippen LogP contribution in [0.25, 0.3) is 0 Å². The van der Waals surface area contributed by atoms with Crippen LogP contribution in [0.1, 0.15) is 22.3 Å². The molecule has 1 N–H and O–H groups in total. The Kier molecular flexibility index (Phi) is 4.84. The molecule has 3 rings (SSSR count). The molecule has 26 heavy (non-hydrogen) atoms. The number of hydrogen-bond donors (Lipinski definition) is 1. The Morgan fingerprint density at radius 3 is 2.54 bits per heavy atom. The molecule has 0 aromatic heterocycles. The van der Waals surface area contributed by atoms with Crippen molar-refractivity contribution in [2.24, 2.45) is 0 Å². The fraction of sp³-hybridized carbons (Fsp3) is 0.300. The van der Waals surface area contributed by atoms with Crippen LogP contribution in [0.3, 0.4) is 0 Å². The molecule has 0 bridgehead atoms. The van der Waals surface area contributed by atoms with E-state index in [1.54, 1.807) is 38.2 Å². The number of nitrogens with zero attached hydrogens (tertiary/aromatic N) is 3. The van der Waals surface area contributed by atoms with Crippen LogP contribution in [0.5, 0.6) is 0 Å². The van der Waals surface area contributed by atoms with Crippen LogP contribution in [0.15, 0.2) is 42.5 Å². The number of fused-ring (bicyclic) bond motifs is 1. The van der Waals surface area contributed by atoms with Crippen LogP contribution in [-0.2, 0) is 6.42 Å². The van der Waals surface area contributed by atoms with Gasteiger partial charge in [0.05, 0.1) is 5.56 Å². The molecule has 0 saturated carbocycles. The number of carbonyl (C=O) groups is 2. The Balaban J connectivity index is 1.95. The molecule has 1 aliphatic heterocycles. The number of aromatic carboxylic acids is 1. The molecule has 1 heterocycles. The Bertz CT molecular complexity index is 848. The lowest BCUT2D eigenvalue weighted by molar-refractivity contribution is 0.0696. The van der Waals surface area contributed by atoms with E-state index in [1.165, 1.54) is 4.90 Å². The Morgan fingerprint density at radius 2 is 1.85 bits per heavy atom. The number of anilines is 3. The SMILES string of the molecule is CN(C)C(=O)N(C)c1cccc(N2CCCc3cc(C(=O)O)ccc32)c1. The summed E-state index contributed by atoms with van der Waals surface area (Å²) in [5.74, 6) is -0.907. The van der Waals surface area contributed by atoms with Crippen molar-refractivity contribution >= 4 is 29.1 Å². The van der Waals surface area contributed by atoms with E-state index < -0.39 is 5.97 Å². The Labute approximate surface area is 153 Å². The molecule has 0 saturated heterocycles. The number of rotatable bonds is 3. The van der Waals surface area contributed by atoms with Gasteiger partial charge < -0.3 is 14.9 Å². The lowest BCUT2D eigenvalue weighted by atomic mass is 9.98. The average molecular weight is 353 g/mol. The first kappa shape index (κ1) is 17.8. The molecular weight excluding hydrogens is 330 g/mol. The fourth-order valence-corrected chi connectivity index (χ4v) is 3.28. The molecule has 2 amide bonds. The maximum atomic E-state index is 12.2. The minimum Gasteiger partial charge on any atom is -0.478 e. The van der Waals surface area contributed by atoms with Crippen LogP contribution in [-0.4, -0.2) is 49.7 Å². The van der Waals surface area contributed by atoms with Gasteiger partial charge in [0.1, 0.15) is 0 Å². The van der Waals surface area contributed by atoms with Gasteiger partial charge >= 0.3 is 12.0 Å². The van der Waals surface area contributed by atoms with Crippen LogP contribution >= 0.6 is 0 Å². The predicted molar refractivity (Wildman–Crippen MR) is 103 cm³/mol. The number of carbonyl (C=O) groups excluding carboxylic acids is 1. The largest absolute Gasteiger partial charge is 0.478 e. The lowest BCUT2D eigenvalue weighted by Gasteiger charge is -2.32. The van der Waals surface area contributed by atoms with E-state index in [0.29, 0.717) is 5.56 Å². The van der Waals surface area contributed by atoms with E-state index in [-0.39, 0.29) is 6.03 Å². The summed E-state index contributed by atoms with van der Waals surface area (Å²) >= 11 is 0. The molecule has 6 nitrogen and oxygen atoms in total. The zero-order valence-corrected chi connectivity index (χ0v) is 15.3. The van der Waals surface area contributed by atoms with Gasteiger partial charge in [0.15, 0.2) is 0 Å². The molecule has 2 aromatic rings. The summed E-state index contributed by atoms with van der Waals surface area (Å²) in [4.78, 5) is 28.8. The van der Waals surface area contributed by atoms with Gasteiger partial charge in [-0.25, -0.2) is 9.59 Å². The van der Waals surface area contributed by atoms with E-state index in [9.17, 15) is 14.7 Å². The first-order valence-electron chi connectivity index (χ1n) is 8.57. The van der Waals surface area contributed by atoms with Crippen molar-refractivity contribution < 1.29 is 14.7 Å². The van der Waals surface area contributed by atoms with Crippen molar-refractivity contribution in [1.29, 1.82) is 0 Å². The van der Waals surface area contributed by atoms with E-state index in [0.717, 1.165) is 42.0 Å². The molecular formula is C20H23N3O3. The number of aryl methyl sites for hydroxylation is 1. The number of carboxylic acids is 1. The zero-order valence-electron chi connectivity index (χ0n) is 15.3. The molecule has 136 valence electrons. The van der Waals surface area contributed by atoms with Crippen LogP contribution in [0.4, 0.5) is 21.9 Å². The topological polar surface area (TPSA) is 64.1 Å². The van der Waals surface area contributed by atoms with Gasteiger partial charge in [-0.3, -0.25) is 4.90 Å². The predicted octanol–water partition coefficient (Wildman–Crippen LogP) is 3.59. The van der Waals surface area contributed by atoms with Crippen molar-refractivity contribution in [3.8, 4) is 0 Å². The monoisotopic (exact) mass is 353 g/mol. The van der Waals surface area contributed by atoms with Crippen molar-refractivity contribution in [3.63, 3.8) is 0 Å². The summed E-state index contributed by atoms with van der Waals surface area (Å²) in [6.07, 6.45) is 1.82. The first-order chi connectivity index (χ1) is 12.4. The van der Waals surface area contributed by atoms with Crippen molar-refractivity contribution in [3.05, 3.63) is 53.6 Å². The summed E-state index contributed by atoms with van der Waals surface area (Å²) in [6, 6.07) is 13.0. The molecule has 0 aliphatic carbocycles. The van der Waals surface area contributed by atoms with Crippen LogP contribution < -0.4 is 9.80 Å². The standard InChI is InChI=1S/C20H23N3O3/c1-21(2)20(26)22(3)16-7-4-8-17(13-16)23-11-5-6-14-12-15(19(24)25)9-10-18(14)23/h4,7-10,12-13H,5-6,11H2,1-3H3,(H,24,25). The van der Waals surface area contributed by atoms with Gasteiger partial charge in [-0.2, -0.15) is 0 Å². The third-order valence-corrected chi connectivity index (χ3v) is 4.64. The van der Waals surface area contributed by atoms with Gasteiger partial charge in [0, 0.05) is 44.7 Å². The quantitative estimate of drug-likeness (QED) is 0.916. The number of urea groups is 1. The smallest absolute Gasteiger partial charge is 0.335 e. The van der Waals surface area contributed by atoms with Gasteiger partial charge in [0.2, 0.25) is 0 Å². The molecule has 0 fully saturated rings. The molecule has 0 spiro atoms. The molecule has 1 aliphatic rings. The second kappa shape index (κ2) is 7.07. The molecule has 0 radical (unpaired) electrons. The van der Waals surface area contributed by atoms with E-state index in [4.69, 9.17) is 0 Å². The summed E-state index contributed by atoms with van der Waals surface area (Å²) in [6.45, 7) is 0.855. The summed E-state index contributed by atoms with van der Waals surface area (Å²) < 4.78 is 0. The van der Waals surface area contributed by atoms with Crippen LogP contribution in [0.2, 0.25) is 0 Å². The van der Waals surface area contributed by atoms with Crippen LogP contribution in [0, 0.1) is 0 Å². The van der Waals surface area contributed by atoms with Crippen molar-refractivity contribution in [2.75, 3.05) is 37.5 Å². The normalized spacial score (nSPS) is 13.1. The van der Waals surface area contributed by atoms with Gasteiger partial charge in [-0.05, 0) is 54.8 Å². The minimum atomic E-state index is -0.907. The van der Waals surface area contributed by atoms with Crippen molar-refractivity contribution in [2.45, 2.75) is 12.8 Å². The summed E-state index contributed by atoms with van der Waals surface area (Å²) in [5.41, 5.74) is 4.19. The van der Waals surface area contributed by atoms with E-state index in [1.807, 2.05) is 30.3 Å². The third kappa shape index (κ3) is 3.35. The van der Waals surface area contributed by atoms with Gasteiger partial charge in [-0.15, -0.1) is 0 Å². The number of hydrogen-bond acceptors (Lipinski definition) is 3. The maximum absolute atomic E-state index is 12.2. The fourth-order valence-electron chi connectivity index (χ4n) is 3.28. The maximum Gasteiger partial charge on any atom is 0.335 e. The second-order valence-corrected chi connectivity index (χ2v) is 6.66. The highest BCUT2D eigenvalue weighted by Crippen LogP contribution is 2.35. The molecule has 6 heteroatoms. The number of benzene rings is 2. The highest BCUT2D eigenvalue weighted by Gasteiger charge is 2.21. The second-order valence-electron chi connectivity index (χ2n) is 6.66.